The first-order chi connectivity index (χ1) is 32.8. The molecule has 0 radical (unpaired) electrons. The second-order valence-electron chi connectivity index (χ2n) is 17.3. The Labute approximate surface area is 397 Å². The molecule has 0 saturated carbocycles. The zero-order valence-electron chi connectivity index (χ0n) is 38.9. The van der Waals surface area contributed by atoms with Gasteiger partial charge in [-0.2, -0.15) is 43.9 Å². The molecule has 0 bridgehead atoms. The fourth-order valence-electron chi connectivity index (χ4n) is 8.57. The minimum absolute atomic E-state index is 0.154. The van der Waals surface area contributed by atoms with Gasteiger partial charge in [0.1, 0.15) is 11.5 Å². The van der Waals surface area contributed by atoms with Crippen molar-refractivity contribution in [2.75, 3.05) is 14.2 Å². The molecular weight excluding hydrogens is 911 g/mol. The molecule has 6 rings (SSSR count). The number of rotatable bonds is 22. The Morgan fingerprint density at radius 3 is 1.06 bits per heavy atom. The molecule has 3 nitrogen and oxygen atoms in total. The number of hydrogen-bond acceptors (Lipinski definition) is 3. The van der Waals surface area contributed by atoms with E-state index in [2.05, 4.69) is 0 Å². The van der Waals surface area contributed by atoms with E-state index < -0.39 is 83.0 Å². The molecule has 6 aromatic rings. The van der Waals surface area contributed by atoms with Gasteiger partial charge in [0, 0.05) is 38.2 Å². The molecule has 0 aromatic heterocycles. The van der Waals surface area contributed by atoms with Crippen molar-refractivity contribution in [3.63, 3.8) is 0 Å². The molecule has 0 amide bonds. The van der Waals surface area contributed by atoms with E-state index in [1.165, 1.54) is 48.5 Å². The molecule has 0 spiro atoms. The number of alkyl halides is 10. The highest BCUT2D eigenvalue weighted by molar-refractivity contribution is 5.58. The molecule has 0 fully saturated rings. The van der Waals surface area contributed by atoms with Gasteiger partial charge in [0.15, 0.2) is 12.2 Å². The zero-order valence-corrected chi connectivity index (χ0v) is 38.9. The molecule has 2 atom stereocenters. The summed E-state index contributed by atoms with van der Waals surface area (Å²) in [7, 11) is 1.73. The van der Waals surface area contributed by atoms with E-state index >= 15 is 17.6 Å². The van der Waals surface area contributed by atoms with Crippen LogP contribution in [-0.2, 0) is 59.8 Å². The highest BCUT2D eigenvalue weighted by Gasteiger charge is 2.46. The van der Waals surface area contributed by atoms with Crippen LogP contribution in [0.1, 0.15) is 106 Å². The fourth-order valence-corrected chi connectivity index (χ4v) is 8.57. The average Bonchev–Trinajstić information content (AvgIpc) is 3.32. The molecule has 0 heterocycles. The maximum absolute atomic E-state index is 17.7. The summed E-state index contributed by atoms with van der Waals surface area (Å²) in [5.41, 5.74) is -0.810. The minimum atomic E-state index is -4.90. The second-order valence-corrected chi connectivity index (χ2v) is 17.3. The van der Waals surface area contributed by atoms with E-state index in [4.69, 9.17) is 14.2 Å². The van der Waals surface area contributed by atoms with Gasteiger partial charge in [-0.05, 0) is 95.2 Å². The predicted molar refractivity (Wildman–Crippen MR) is 249 cm³/mol. The number of aryl methyl sites for hydroxylation is 2. The number of benzene rings is 6. The van der Waals surface area contributed by atoms with Crippen LogP contribution in [0.25, 0.3) is 0 Å². The number of ether oxygens (including phenoxy) is 3. The van der Waals surface area contributed by atoms with Gasteiger partial charge in [-0.25, -0.2) is 0 Å². The van der Waals surface area contributed by atoms with Crippen molar-refractivity contribution in [1.29, 1.82) is 0 Å². The molecule has 0 saturated heterocycles. The number of unbranched alkanes of at least 4 members (excludes halogenated alkanes) is 2. The third kappa shape index (κ3) is 13.0. The summed E-state index contributed by atoms with van der Waals surface area (Å²) in [6.07, 6.45) is -11.9. The monoisotopic (exact) mass is 966 g/mol. The van der Waals surface area contributed by atoms with Crippen LogP contribution < -0.4 is 4.74 Å². The predicted octanol–water partition coefficient (Wildman–Crippen LogP) is 15.9. The summed E-state index contributed by atoms with van der Waals surface area (Å²) in [4.78, 5) is 0. The Hall–Kier alpha value is -5.66. The summed E-state index contributed by atoms with van der Waals surface area (Å²) in [6, 6.07) is 31.6. The van der Waals surface area contributed by atoms with E-state index in [0.717, 1.165) is 100 Å². The lowest BCUT2D eigenvalue weighted by atomic mass is 9.85. The van der Waals surface area contributed by atoms with Crippen molar-refractivity contribution in [2.45, 2.75) is 114 Å². The van der Waals surface area contributed by atoms with E-state index in [1.54, 1.807) is 24.3 Å². The normalized spacial score (nSPS) is 13.4. The van der Waals surface area contributed by atoms with E-state index in [-0.39, 0.29) is 35.1 Å². The first-order valence-electron chi connectivity index (χ1n) is 23.0. The number of halogens is 10. The van der Waals surface area contributed by atoms with Gasteiger partial charge in [-0.15, -0.1) is 0 Å². The van der Waals surface area contributed by atoms with Crippen molar-refractivity contribution in [3.05, 3.63) is 200 Å². The lowest BCUT2D eigenvalue weighted by Crippen LogP contribution is -2.33. The first-order valence-corrected chi connectivity index (χ1v) is 23.0. The summed E-state index contributed by atoms with van der Waals surface area (Å²) in [5.74, 6) is -9.35. The molecule has 13 heteroatoms. The van der Waals surface area contributed by atoms with Crippen LogP contribution >= 0.6 is 0 Å². The van der Waals surface area contributed by atoms with Gasteiger partial charge in [0.2, 0.25) is 0 Å². The van der Waals surface area contributed by atoms with Crippen LogP contribution in [0.2, 0.25) is 0 Å². The maximum Gasteiger partial charge on any atom is 0.414 e. The van der Waals surface area contributed by atoms with Crippen LogP contribution in [0.15, 0.2) is 133 Å². The Balaban J connectivity index is 1.65. The van der Waals surface area contributed by atoms with Gasteiger partial charge in [0.05, 0.1) is 11.1 Å². The summed E-state index contributed by atoms with van der Waals surface area (Å²) >= 11 is 0. The van der Waals surface area contributed by atoms with Crippen LogP contribution in [0.3, 0.4) is 0 Å². The second kappa shape index (κ2) is 22.8. The van der Waals surface area contributed by atoms with Gasteiger partial charge in [-0.3, -0.25) is 0 Å². The quantitative estimate of drug-likeness (QED) is 0.0635. The number of methoxy groups -OCH3 is 2. The molecule has 6 aromatic carbocycles. The topological polar surface area (TPSA) is 27.7 Å². The Morgan fingerprint density at radius 1 is 0.420 bits per heavy atom. The number of hydrogen-bond donors (Lipinski definition) is 0. The molecule has 69 heavy (non-hydrogen) atoms. The van der Waals surface area contributed by atoms with Crippen molar-refractivity contribution in [1.82, 2.24) is 0 Å². The SMILES string of the molecule is CCCCc1ccc(Cc2c(CC(OC)C(F)(F)F)ccc(Oc3ccc(CC(OC)C(F)(F)F)c(Cc4ccc(CCCC)cc4)c3C(F)(F)c3ccccc3)c2C(F)(F)c2ccccc2)cc1. The van der Waals surface area contributed by atoms with Crippen molar-refractivity contribution in [3.8, 4) is 11.5 Å². The smallest absolute Gasteiger partial charge is 0.414 e. The Morgan fingerprint density at radius 2 is 0.754 bits per heavy atom. The van der Waals surface area contributed by atoms with Gasteiger partial charge < -0.3 is 14.2 Å². The van der Waals surface area contributed by atoms with Gasteiger partial charge >= 0.3 is 24.2 Å². The molecule has 0 aliphatic carbocycles. The zero-order chi connectivity index (χ0) is 50.0. The highest BCUT2D eigenvalue weighted by Crippen LogP contribution is 2.50. The largest absolute Gasteiger partial charge is 0.456 e. The summed E-state index contributed by atoms with van der Waals surface area (Å²) in [5, 5.41) is 0. The van der Waals surface area contributed by atoms with Crippen molar-refractivity contribution in [2.24, 2.45) is 0 Å². The highest BCUT2D eigenvalue weighted by atomic mass is 19.4. The van der Waals surface area contributed by atoms with Crippen LogP contribution in [-0.4, -0.2) is 38.8 Å². The van der Waals surface area contributed by atoms with Crippen molar-refractivity contribution >= 4 is 0 Å². The van der Waals surface area contributed by atoms with Gasteiger partial charge in [-0.1, -0.05) is 148 Å². The van der Waals surface area contributed by atoms with Crippen molar-refractivity contribution < 1.29 is 58.1 Å². The minimum Gasteiger partial charge on any atom is -0.456 e. The average molecular weight is 967 g/mol. The van der Waals surface area contributed by atoms with Crippen LogP contribution in [0, 0.1) is 0 Å². The van der Waals surface area contributed by atoms with Crippen LogP contribution in [0.4, 0.5) is 43.9 Å². The van der Waals surface area contributed by atoms with E-state index in [9.17, 15) is 26.3 Å². The third-order valence-electron chi connectivity index (χ3n) is 12.4. The Kier molecular flexibility index (Phi) is 17.4. The summed E-state index contributed by atoms with van der Waals surface area (Å²) in [6.45, 7) is 4.07. The van der Waals surface area contributed by atoms with E-state index in [0.29, 0.717) is 11.1 Å². The first kappa shape index (κ1) is 52.7. The lowest BCUT2D eigenvalue weighted by Gasteiger charge is -2.30. The standard InChI is InChI=1S/C56H56F10O3/c1-5-7-15-37-21-25-39(26-22-37)33-45-41(35-49(67-3)55(61,62)63)29-31-47(51(45)53(57,58)43-17-11-9-12-18-43)69-48-32-30-42(36-50(68-4)56(64,65)66)46(34-40-27-23-38(24-28-40)16-8-6-2)52(48)54(59,60)44-19-13-10-14-20-44/h9-14,17-32,49-50H,5-8,15-16,33-36H2,1-4H3. The molecular formula is C56H56F10O3. The molecule has 368 valence electrons. The Bertz CT molecular complexity index is 2380. The fraction of sp³-hybridized carbons (Fsp3) is 0.357. The lowest BCUT2D eigenvalue weighted by molar-refractivity contribution is -0.212. The molecule has 0 aliphatic heterocycles. The molecule has 2 unspecified atom stereocenters. The third-order valence-corrected chi connectivity index (χ3v) is 12.4. The van der Waals surface area contributed by atoms with Crippen LogP contribution in [0.5, 0.6) is 11.5 Å². The molecule has 0 aliphatic rings. The maximum atomic E-state index is 17.7. The van der Waals surface area contributed by atoms with E-state index in [1.807, 2.05) is 38.1 Å². The summed E-state index contributed by atoms with van der Waals surface area (Å²) < 4.78 is 173. The molecule has 0 N–H and O–H groups in total. The van der Waals surface area contributed by atoms with Gasteiger partial charge in [0.25, 0.3) is 0 Å².